The molecular weight excluding hydrogens is 236 g/mol. The summed E-state index contributed by atoms with van der Waals surface area (Å²) in [7, 11) is 3.56. The number of rotatable bonds is 5. The van der Waals surface area contributed by atoms with E-state index in [1.807, 2.05) is 19.3 Å². The molecule has 0 fully saturated rings. The van der Waals surface area contributed by atoms with Gasteiger partial charge in [-0.15, -0.1) is 0 Å². The smallest absolute Gasteiger partial charge is 0.364 e. The van der Waals surface area contributed by atoms with Gasteiger partial charge in [0.2, 0.25) is 12.1 Å². The predicted octanol–water partition coefficient (Wildman–Crippen LogP) is 0.716. The van der Waals surface area contributed by atoms with Crippen LogP contribution in [0.2, 0.25) is 0 Å². The van der Waals surface area contributed by atoms with Crippen molar-refractivity contribution in [3.63, 3.8) is 0 Å². The normalized spacial score (nSPS) is 10.6. The lowest BCUT2D eigenvalue weighted by Crippen LogP contribution is -2.10. The number of nitro groups is 1. The number of hydrogen-bond donors (Lipinski definition) is 1. The first-order chi connectivity index (χ1) is 8.58. The summed E-state index contributed by atoms with van der Waals surface area (Å²) in [6, 6.07) is 1.92. The zero-order chi connectivity index (χ0) is 13.1. The third-order valence-corrected chi connectivity index (χ3v) is 2.53. The summed E-state index contributed by atoms with van der Waals surface area (Å²) in [5.74, 6) is 0.259. The molecule has 0 unspecified atom stereocenters. The summed E-state index contributed by atoms with van der Waals surface area (Å²) < 4.78 is 3.32. The third kappa shape index (κ3) is 2.47. The number of aryl methyl sites for hydroxylation is 2. The van der Waals surface area contributed by atoms with Crippen molar-refractivity contribution >= 4 is 11.6 Å². The molecule has 0 aliphatic rings. The quantitative estimate of drug-likeness (QED) is 0.623. The topological polar surface area (TPSA) is 90.8 Å². The average Bonchev–Trinajstić information content (AvgIpc) is 2.87. The van der Waals surface area contributed by atoms with Crippen LogP contribution in [0.4, 0.5) is 11.6 Å². The summed E-state index contributed by atoms with van der Waals surface area (Å²) in [5.41, 5.74) is 0.940. The van der Waals surface area contributed by atoms with Gasteiger partial charge in [-0.3, -0.25) is 9.25 Å². The highest BCUT2D eigenvalue weighted by molar-refractivity contribution is 5.51. The van der Waals surface area contributed by atoms with Crippen molar-refractivity contribution in [3.05, 3.63) is 34.4 Å². The van der Waals surface area contributed by atoms with Gasteiger partial charge in [-0.2, -0.15) is 5.10 Å². The molecule has 0 aliphatic carbocycles. The molecule has 2 rings (SSSR count). The maximum absolute atomic E-state index is 10.7. The number of imidazole rings is 1. The fourth-order valence-corrected chi connectivity index (χ4v) is 1.66. The van der Waals surface area contributed by atoms with Gasteiger partial charge in [0, 0.05) is 33.3 Å². The Morgan fingerprint density at radius 2 is 2.28 bits per heavy atom. The first-order valence-electron chi connectivity index (χ1n) is 5.46. The largest absolute Gasteiger partial charge is 0.406 e. The van der Waals surface area contributed by atoms with Gasteiger partial charge in [-0.1, -0.05) is 0 Å². The van der Waals surface area contributed by atoms with Crippen molar-refractivity contribution in [1.29, 1.82) is 0 Å². The summed E-state index contributed by atoms with van der Waals surface area (Å²) in [6.07, 6.45) is 3.98. The van der Waals surface area contributed by atoms with Gasteiger partial charge in [0.1, 0.15) is 0 Å². The molecule has 0 saturated heterocycles. The van der Waals surface area contributed by atoms with E-state index >= 15 is 0 Å². The fourth-order valence-electron chi connectivity index (χ4n) is 1.66. The van der Waals surface area contributed by atoms with E-state index in [0.29, 0.717) is 18.8 Å². The van der Waals surface area contributed by atoms with Gasteiger partial charge in [0.15, 0.2) is 0 Å². The van der Waals surface area contributed by atoms with E-state index in [1.54, 1.807) is 16.3 Å². The van der Waals surface area contributed by atoms with Crippen molar-refractivity contribution in [2.75, 3.05) is 11.9 Å². The molecule has 0 saturated carbocycles. The second-order valence-electron chi connectivity index (χ2n) is 3.94. The Morgan fingerprint density at radius 3 is 2.89 bits per heavy atom. The molecular formula is C10H14N6O2. The van der Waals surface area contributed by atoms with Crippen LogP contribution in [-0.4, -0.2) is 30.8 Å². The summed E-state index contributed by atoms with van der Waals surface area (Å²) >= 11 is 0. The maximum Gasteiger partial charge on any atom is 0.406 e. The van der Waals surface area contributed by atoms with E-state index in [2.05, 4.69) is 15.4 Å². The van der Waals surface area contributed by atoms with Crippen LogP contribution in [0.15, 0.2) is 18.6 Å². The zero-order valence-corrected chi connectivity index (χ0v) is 10.2. The van der Waals surface area contributed by atoms with Gasteiger partial charge in [0.25, 0.3) is 0 Å². The van der Waals surface area contributed by atoms with Gasteiger partial charge in [-0.25, -0.2) is 0 Å². The Morgan fingerprint density at radius 1 is 1.50 bits per heavy atom. The van der Waals surface area contributed by atoms with Crippen LogP contribution in [0, 0.1) is 10.1 Å². The van der Waals surface area contributed by atoms with Crippen LogP contribution >= 0.6 is 0 Å². The summed E-state index contributed by atoms with van der Waals surface area (Å²) in [6.45, 7) is 0.567. The molecule has 18 heavy (non-hydrogen) atoms. The SMILES string of the molecule is Cn1ccc(CCNc2c([N+](=O)[O-])ncn2C)n1. The van der Waals surface area contributed by atoms with E-state index in [0.717, 1.165) is 5.69 Å². The number of nitrogens with zero attached hydrogens (tertiary/aromatic N) is 5. The lowest BCUT2D eigenvalue weighted by Gasteiger charge is -2.04. The minimum absolute atomic E-state index is 0.154. The van der Waals surface area contributed by atoms with Gasteiger partial charge in [-0.05, 0) is 16.0 Å². The highest BCUT2D eigenvalue weighted by Crippen LogP contribution is 2.20. The van der Waals surface area contributed by atoms with Gasteiger partial charge < -0.3 is 15.4 Å². The average molecular weight is 250 g/mol. The summed E-state index contributed by atoms with van der Waals surface area (Å²) in [5, 5.41) is 18.0. The number of hydrogen-bond acceptors (Lipinski definition) is 5. The fraction of sp³-hybridized carbons (Fsp3) is 0.400. The lowest BCUT2D eigenvalue weighted by molar-refractivity contribution is -0.388. The highest BCUT2D eigenvalue weighted by Gasteiger charge is 2.19. The Hall–Kier alpha value is -2.38. The number of anilines is 1. The van der Waals surface area contributed by atoms with Crippen molar-refractivity contribution in [3.8, 4) is 0 Å². The molecule has 0 amide bonds. The predicted molar refractivity (Wildman–Crippen MR) is 65.3 cm³/mol. The number of nitrogens with one attached hydrogen (secondary N) is 1. The van der Waals surface area contributed by atoms with E-state index in [1.165, 1.54) is 6.33 Å². The first kappa shape index (κ1) is 12.1. The monoisotopic (exact) mass is 250 g/mol. The molecule has 2 heterocycles. The molecule has 0 bridgehead atoms. The van der Waals surface area contributed by atoms with Crippen LogP contribution in [-0.2, 0) is 20.5 Å². The van der Waals surface area contributed by atoms with E-state index in [4.69, 9.17) is 0 Å². The third-order valence-electron chi connectivity index (χ3n) is 2.53. The Balaban J connectivity index is 1.98. The first-order valence-corrected chi connectivity index (χ1v) is 5.46. The molecule has 8 heteroatoms. The Labute approximate surface area is 103 Å². The molecule has 0 radical (unpaired) electrons. The van der Waals surface area contributed by atoms with Crippen molar-refractivity contribution in [1.82, 2.24) is 19.3 Å². The minimum Gasteiger partial charge on any atom is -0.364 e. The van der Waals surface area contributed by atoms with Crippen LogP contribution in [0.1, 0.15) is 5.69 Å². The van der Waals surface area contributed by atoms with E-state index < -0.39 is 4.92 Å². The molecule has 96 valence electrons. The molecule has 1 N–H and O–H groups in total. The Kier molecular flexibility index (Phi) is 3.26. The highest BCUT2D eigenvalue weighted by atomic mass is 16.6. The molecule has 8 nitrogen and oxygen atoms in total. The molecule has 0 atom stereocenters. The lowest BCUT2D eigenvalue weighted by atomic mass is 10.3. The second kappa shape index (κ2) is 4.86. The van der Waals surface area contributed by atoms with Crippen LogP contribution < -0.4 is 5.32 Å². The van der Waals surface area contributed by atoms with Crippen LogP contribution in [0.5, 0.6) is 0 Å². The Bertz CT molecular complexity index is 558. The van der Waals surface area contributed by atoms with Gasteiger partial charge >= 0.3 is 5.82 Å². The molecule has 2 aromatic heterocycles. The van der Waals surface area contributed by atoms with Crippen molar-refractivity contribution in [2.45, 2.75) is 6.42 Å². The molecule has 0 spiro atoms. The van der Waals surface area contributed by atoms with E-state index in [9.17, 15) is 10.1 Å². The second-order valence-corrected chi connectivity index (χ2v) is 3.94. The molecule has 0 aliphatic heterocycles. The van der Waals surface area contributed by atoms with E-state index in [-0.39, 0.29) is 5.82 Å². The summed E-state index contributed by atoms with van der Waals surface area (Å²) in [4.78, 5) is 14.0. The standard InChI is InChI=1S/C10H14N6O2/c1-14-7-12-10(16(17)18)9(14)11-5-3-8-4-6-15(2)13-8/h4,6-7,11H,3,5H2,1-2H3. The van der Waals surface area contributed by atoms with Crippen molar-refractivity contribution in [2.24, 2.45) is 14.1 Å². The molecule has 0 aromatic carbocycles. The zero-order valence-electron chi connectivity index (χ0n) is 10.2. The number of aromatic nitrogens is 4. The van der Waals surface area contributed by atoms with Gasteiger partial charge in [0.05, 0.1) is 5.69 Å². The maximum atomic E-state index is 10.7. The van der Waals surface area contributed by atoms with Crippen LogP contribution in [0.25, 0.3) is 0 Å². The van der Waals surface area contributed by atoms with Crippen LogP contribution in [0.3, 0.4) is 0 Å². The molecule has 2 aromatic rings. The minimum atomic E-state index is -0.497. The van der Waals surface area contributed by atoms with Crippen molar-refractivity contribution < 1.29 is 4.92 Å².